The fourth-order valence-corrected chi connectivity index (χ4v) is 2.03. The van der Waals surface area contributed by atoms with Crippen LogP contribution in [0.4, 0.5) is 11.4 Å². The third-order valence-corrected chi connectivity index (χ3v) is 3.33. The van der Waals surface area contributed by atoms with Crippen molar-refractivity contribution in [1.29, 1.82) is 0 Å². The van der Waals surface area contributed by atoms with Gasteiger partial charge in [-0.05, 0) is 42.8 Å². The summed E-state index contributed by atoms with van der Waals surface area (Å²) in [6, 6.07) is 12.5. The van der Waals surface area contributed by atoms with Crippen LogP contribution in [-0.2, 0) is 0 Å². The van der Waals surface area contributed by atoms with Crippen molar-refractivity contribution in [2.75, 3.05) is 11.1 Å². The number of primary amides is 1. The number of hydrogen-bond acceptors (Lipinski definition) is 3. The number of hydrogen-bond donors (Lipinski definition) is 3. The fourth-order valence-electron chi connectivity index (χ4n) is 1.90. The maximum absolute atomic E-state index is 11.2. The molecule has 1 unspecified atom stereocenters. The molecule has 104 valence electrons. The molecule has 0 saturated heterocycles. The van der Waals surface area contributed by atoms with Gasteiger partial charge in [-0.2, -0.15) is 0 Å². The van der Waals surface area contributed by atoms with E-state index in [2.05, 4.69) is 5.32 Å². The monoisotopic (exact) mass is 289 g/mol. The molecule has 20 heavy (non-hydrogen) atoms. The SMILES string of the molecule is CC(Nc1cc(C(N)=O)ccc1N)c1ccc(Cl)cc1. The summed E-state index contributed by atoms with van der Waals surface area (Å²) in [6.07, 6.45) is 0. The first-order valence-corrected chi connectivity index (χ1v) is 6.56. The molecule has 0 saturated carbocycles. The van der Waals surface area contributed by atoms with E-state index in [1.807, 2.05) is 31.2 Å². The minimum atomic E-state index is -0.479. The topological polar surface area (TPSA) is 81.1 Å². The molecule has 0 aliphatic rings. The predicted molar refractivity (Wildman–Crippen MR) is 82.9 cm³/mol. The molecule has 0 spiro atoms. The van der Waals surface area contributed by atoms with Crippen LogP contribution < -0.4 is 16.8 Å². The lowest BCUT2D eigenvalue weighted by Gasteiger charge is -2.18. The molecule has 4 nitrogen and oxygen atoms in total. The van der Waals surface area contributed by atoms with Gasteiger partial charge in [0.05, 0.1) is 11.4 Å². The Bertz CT molecular complexity index is 626. The van der Waals surface area contributed by atoms with Gasteiger partial charge in [-0.1, -0.05) is 23.7 Å². The van der Waals surface area contributed by atoms with Gasteiger partial charge in [-0.25, -0.2) is 0 Å². The summed E-state index contributed by atoms with van der Waals surface area (Å²) in [5.74, 6) is -0.479. The van der Waals surface area contributed by atoms with E-state index in [1.165, 1.54) is 0 Å². The van der Waals surface area contributed by atoms with E-state index in [4.69, 9.17) is 23.1 Å². The number of benzene rings is 2. The van der Waals surface area contributed by atoms with Gasteiger partial charge in [0.25, 0.3) is 0 Å². The number of anilines is 2. The lowest BCUT2D eigenvalue weighted by Crippen LogP contribution is -2.13. The number of carbonyl (C=O) groups is 1. The first kappa shape index (κ1) is 14.2. The van der Waals surface area contributed by atoms with Gasteiger partial charge in [0.2, 0.25) is 5.91 Å². The molecule has 0 aliphatic carbocycles. The summed E-state index contributed by atoms with van der Waals surface area (Å²) < 4.78 is 0. The molecule has 0 fully saturated rings. The highest BCUT2D eigenvalue weighted by molar-refractivity contribution is 6.30. The summed E-state index contributed by atoms with van der Waals surface area (Å²) in [5, 5.41) is 3.96. The van der Waals surface area contributed by atoms with Crippen molar-refractivity contribution in [1.82, 2.24) is 0 Å². The molecule has 0 aliphatic heterocycles. The van der Waals surface area contributed by atoms with E-state index in [9.17, 15) is 4.79 Å². The zero-order valence-corrected chi connectivity index (χ0v) is 11.8. The van der Waals surface area contributed by atoms with Crippen LogP contribution in [0.1, 0.15) is 28.9 Å². The first-order chi connectivity index (χ1) is 9.47. The van der Waals surface area contributed by atoms with E-state index in [0.29, 0.717) is 22.0 Å². The lowest BCUT2D eigenvalue weighted by molar-refractivity contribution is 0.100. The van der Waals surface area contributed by atoms with Gasteiger partial charge in [0, 0.05) is 16.6 Å². The second-order valence-corrected chi connectivity index (χ2v) is 5.02. The molecular weight excluding hydrogens is 274 g/mol. The van der Waals surface area contributed by atoms with Gasteiger partial charge in [0.15, 0.2) is 0 Å². The molecule has 1 atom stereocenters. The van der Waals surface area contributed by atoms with Crippen LogP contribution in [0, 0.1) is 0 Å². The number of amides is 1. The molecule has 0 bridgehead atoms. The van der Waals surface area contributed by atoms with Crippen molar-refractivity contribution in [3.05, 3.63) is 58.6 Å². The second-order valence-electron chi connectivity index (χ2n) is 4.58. The van der Waals surface area contributed by atoms with E-state index in [1.54, 1.807) is 18.2 Å². The molecule has 5 heteroatoms. The first-order valence-electron chi connectivity index (χ1n) is 6.18. The average Bonchev–Trinajstić information content (AvgIpc) is 2.41. The Kier molecular flexibility index (Phi) is 4.15. The Morgan fingerprint density at radius 2 is 1.85 bits per heavy atom. The molecule has 1 amide bonds. The Morgan fingerprint density at radius 1 is 1.20 bits per heavy atom. The molecular formula is C15H16ClN3O. The normalized spacial score (nSPS) is 11.9. The Labute approximate surface area is 122 Å². The van der Waals surface area contributed by atoms with Gasteiger partial charge < -0.3 is 16.8 Å². The summed E-state index contributed by atoms with van der Waals surface area (Å²) in [4.78, 5) is 11.2. The van der Waals surface area contributed by atoms with Crippen LogP contribution in [0.2, 0.25) is 5.02 Å². The highest BCUT2D eigenvalue weighted by Gasteiger charge is 2.09. The van der Waals surface area contributed by atoms with Gasteiger partial charge >= 0.3 is 0 Å². The molecule has 5 N–H and O–H groups in total. The van der Waals surface area contributed by atoms with E-state index >= 15 is 0 Å². The van der Waals surface area contributed by atoms with Crippen molar-refractivity contribution < 1.29 is 4.79 Å². The molecule has 0 radical (unpaired) electrons. The molecule has 2 aromatic carbocycles. The summed E-state index contributed by atoms with van der Waals surface area (Å²) in [7, 11) is 0. The van der Waals surface area contributed by atoms with Gasteiger partial charge in [-0.3, -0.25) is 4.79 Å². The minimum absolute atomic E-state index is 0.0256. The van der Waals surface area contributed by atoms with Crippen LogP contribution in [-0.4, -0.2) is 5.91 Å². The van der Waals surface area contributed by atoms with E-state index < -0.39 is 5.91 Å². The highest BCUT2D eigenvalue weighted by Crippen LogP contribution is 2.26. The van der Waals surface area contributed by atoms with Crippen LogP contribution in [0.5, 0.6) is 0 Å². The molecule has 2 aromatic rings. The van der Waals surface area contributed by atoms with Crippen molar-refractivity contribution in [2.45, 2.75) is 13.0 Å². The number of nitrogens with two attached hydrogens (primary N) is 2. The number of rotatable bonds is 4. The third-order valence-electron chi connectivity index (χ3n) is 3.08. The largest absolute Gasteiger partial charge is 0.397 e. The Hall–Kier alpha value is -2.20. The third kappa shape index (κ3) is 3.22. The predicted octanol–water partition coefficient (Wildman–Crippen LogP) is 3.19. The second kappa shape index (κ2) is 5.84. The zero-order valence-electron chi connectivity index (χ0n) is 11.1. The molecule has 0 heterocycles. The van der Waals surface area contributed by atoms with Gasteiger partial charge in [0.1, 0.15) is 0 Å². The van der Waals surface area contributed by atoms with Crippen LogP contribution in [0.15, 0.2) is 42.5 Å². The van der Waals surface area contributed by atoms with Crippen molar-refractivity contribution in [2.24, 2.45) is 5.73 Å². The van der Waals surface area contributed by atoms with Gasteiger partial charge in [-0.15, -0.1) is 0 Å². The van der Waals surface area contributed by atoms with Crippen LogP contribution in [0.3, 0.4) is 0 Å². The summed E-state index contributed by atoms with van der Waals surface area (Å²) in [5.41, 5.74) is 13.9. The van der Waals surface area contributed by atoms with Crippen molar-refractivity contribution >= 4 is 28.9 Å². The molecule has 0 aromatic heterocycles. The quantitative estimate of drug-likeness (QED) is 0.756. The van der Waals surface area contributed by atoms with E-state index in [0.717, 1.165) is 5.56 Å². The Balaban J connectivity index is 2.22. The van der Waals surface area contributed by atoms with Crippen LogP contribution in [0.25, 0.3) is 0 Å². The number of halogens is 1. The van der Waals surface area contributed by atoms with Crippen molar-refractivity contribution in [3.63, 3.8) is 0 Å². The highest BCUT2D eigenvalue weighted by atomic mass is 35.5. The minimum Gasteiger partial charge on any atom is -0.397 e. The number of nitrogen functional groups attached to an aromatic ring is 1. The van der Waals surface area contributed by atoms with Crippen molar-refractivity contribution in [3.8, 4) is 0 Å². The standard InChI is InChI=1S/C15H16ClN3O/c1-9(10-2-5-12(16)6-3-10)19-14-8-11(15(18)20)4-7-13(14)17/h2-9,19H,17H2,1H3,(H2,18,20). The summed E-state index contributed by atoms with van der Waals surface area (Å²) >= 11 is 5.87. The number of carbonyl (C=O) groups excluding carboxylic acids is 1. The maximum Gasteiger partial charge on any atom is 0.248 e. The lowest BCUT2D eigenvalue weighted by atomic mass is 10.1. The average molecular weight is 290 g/mol. The number of nitrogens with one attached hydrogen (secondary N) is 1. The Morgan fingerprint density at radius 3 is 2.45 bits per heavy atom. The van der Waals surface area contributed by atoms with E-state index in [-0.39, 0.29) is 6.04 Å². The fraction of sp³-hybridized carbons (Fsp3) is 0.133. The maximum atomic E-state index is 11.2. The zero-order chi connectivity index (χ0) is 14.7. The summed E-state index contributed by atoms with van der Waals surface area (Å²) in [6.45, 7) is 2.00. The van der Waals surface area contributed by atoms with Crippen LogP contribution >= 0.6 is 11.6 Å². The smallest absolute Gasteiger partial charge is 0.248 e. The molecule has 2 rings (SSSR count).